The van der Waals surface area contributed by atoms with Crippen molar-refractivity contribution in [2.75, 3.05) is 26.4 Å². The van der Waals surface area contributed by atoms with Crippen LogP contribution in [0, 0.1) is 5.92 Å². The summed E-state index contributed by atoms with van der Waals surface area (Å²) >= 11 is 0. The van der Waals surface area contributed by atoms with Crippen molar-refractivity contribution in [2.24, 2.45) is 5.92 Å². The summed E-state index contributed by atoms with van der Waals surface area (Å²) in [6.07, 6.45) is 4.94. The van der Waals surface area contributed by atoms with E-state index in [1.165, 1.54) is 32.4 Å². The highest BCUT2D eigenvalue weighted by molar-refractivity contribution is 7.85. The Morgan fingerprint density at radius 2 is 2.00 bits per heavy atom. The first-order valence-corrected chi connectivity index (χ1v) is 6.78. The van der Waals surface area contributed by atoms with Crippen molar-refractivity contribution >= 4 is 10.1 Å². The lowest BCUT2D eigenvalue weighted by Gasteiger charge is -2.07. The van der Waals surface area contributed by atoms with Crippen molar-refractivity contribution in [3.05, 3.63) is 0 Å². The molecular formula is C9H21NO3S. The van der Waals surface area contributed by atoms with Gasteiger partial charge in [0.25, 0.3) is 10.1 Å². The van der Waals surface area contributed by atoms with E-state index in [1.807, 2.05) is 0 Å². The molecule has 0 saturated carbocycles. The Bertz CT molecular complexity index is 228. The molecule has 14 heavy (non-hydrogen) atoms. The van der Waals surface area contributed by atoms with Crippen molar-refractivity contribution < 1.29 is 13.0 Å². The van der Waals surface area contributed by atoms with E-state index in [4.69, 9.17) is 4.55 Å². The van der Waals surface area contributed by atoms with Gasteiger partial charge in [0.15, 0.2) is 0 Å². The van der Waals surface area contributed by atoms with Gasteiger partial charge in [0.05, 0.1) is 6.26 Å². The van der Waals surface area contributed by atoms with Crippen molar-refractivity contribution in [2.45, 2.75) is 26.2 Å². The van der Waals surface area contributed by atoms with Crippen LogP contribution in [0.25, 0.3) is 0 Å². The predicted molar refractivity (Wildman–Crippen MR) is 58.0 cm³/mol. The summed E-state index contributed by atoms with van der Waals surface area (Å²) in [6.45, 7) is 4.94. The molecule has 1 heterocycles. The second kappa shape index (κ2) is 6.37. The lowest BCUT2D eigenvalue weighted by atomic mass is 10.0. The molecule has 4 nitrogen and oxygen atoms in total. The average molecular weight is 223 g/mol. The minimum absolute atomic E-state index is 0.715. The largest absolute Gasteiger partial charge is 0.306 e. The van der Waals surface area contributed by atoms with Crippen molar-refractivity contribution in [1.82, 2.24) is 4.90 Å². The van der Waals surface area contributed by atoms with E-state index < -0.39 is 10.1 Å². The van der Waals surface area contributed by atoms with Gasteiger partial charge in [-0.2, -0.15) is 8.42 Å². The standard InChI is InChI=1S/C8H17N.CH4O3S/c1-3-4-8-5-6-9(2)7-8;1-5(2,3)4/h8H,3-7H2,1-2H3;1H3,(H,2,3,4). The Hall–Kier alpha value is -0.130. The zero-order chi connectivity index (χ0) is 11.2. The van der Waals surface area contributed by atoms with Gasteiger partial charge in [-0.15, -0.1) is 0 Å². The summed E-state index contributed by atoms with van der Waals surface area (Å²) in [7, 11) is -1.45. The molecule has 0 aliphatic carbocycles. The molecule has 1 unspecified atom stereocenters. The van der Waals surface area contributed by atoms with Gasteiger partial charge in [-0.05, 0) is 32.4 Å². The molecule has 1 aliphatic heterocycles. The molecule has 1 fully saturated rings. The minimum Gasteiger partial charge on any atom is -0.306 e. The summed E-state index contributed by atoms with van der Waals surface area (Å²) in [5.74, 6) is 1.01. The number of hydrogen-bond donors (Lipinski definition) is 1. The van der Waals surface area contributed by atoms with Gasteiger partial charge < -0.3 is 4.90 Å². The average Bonchev–Trinajstić information content (AvgIpc) is 2.32. The number of hydrogen-bond acceptors (Lipinski definition) is 3. The molecule has 5 heteroatoms. The summed E-state index contributed by atoms with van der Waals surface area (Å²) in [5, 5.41) is 0. The molecule has 1 saturated heterocycles. The summed E-state index contributed by atoms with van der Waals surface area (Å²) in [6, 6.07) is 0. The molecule has 0 bridgehead atoms. The second-order valence-electron chi connectivity index (χ2n) is 3.94. The molecule has 1 aliphatic rings. The maximum atomic E-state index is 9.19. The topological polar surface area (TPSA) is 57.6 Å². The van der Waals surface area contributed by atoms with Crippen LogP contribution >= 0.6 is 0 Å². The van der Waals surface area contributed by atoms with Crippen LogP contribution in [0.1, 0.15) is 26.2 Å². The fourth-order valence-electron chi connectivity index (χ4n) is 1.67. The summed E-state index contributed by atoms with van der Waals surface area (Å²) in [5.41, 5.74) is 0. The number of rotatable bonds is 2. The van der Waals surface area contributed by atoms with Gasteiger partial charge in [0.1, 0.15) is 0 Å². The predicted octanol–water partition coefficient (Wildman–Crippen LogP) is 1.24. The Balaban J connectivity index is 0.000000292. The van der Waals surface area contributed by atoms with Crippen molar-refractivity contribution in [1.29, 1.82) is 0 Å². The fourth-order valence-corrected chi connectivity index (χ4v) is 1.67. The second-order valence-corrected chi connectivity index (χ2v) is 5.40. The quantitative estimate of drug-likeness (QED) is 0.716. The zero-order valence-corrected chi connectivity index (χ0v) is 10.0. The molecule has 0 aromatic rings. The van der Waals surface area contributed by atoms with Gasteiger partial charge in [0, 0.05) is 6.54 Å². The van der Waals surface area contributed by atoms with Gasteiger partial charge in [-0.3, -0.25) is 4.55 Å². The Morgan fingerprint density at radius 1 is 1.50 bits per heavy atom. The molecule has 0 radical (unpaired) electrons. The molecule has 0 spiro atoms. The number of nitrogens with zero attached hydrogens (tertiary/aromatic N) is 1. The van der Waals surface area contributed by atoms with Crippen LogP contribution in [0.4, 0.5) is 0 Å². The van der Waals surface area contributed by atoms with Gasteiger partial charge in [0.2, 0.25) is 0 Å². The van der Waals surface area contributed by atoms with Gasteiger partial charge in [-0.25, -0.2) is 0 Å². The molecular weight excluding hydrogens is 202 g/mol. The van der Waals surface area contributed by atoms with Crippen LogP contribution in [-0.4, -0.2) is 44.3 Å². The first-order chi connectivity index (χ1) is 6.33. The van der Waals surface area contributed by atoms with Crippen LogP contribution in [0.15, 0.2) is 0 Å². The number of likely N-dealkylation sites (tertiary alicyclic amines) is 1. The van der Waals surface area contributed by atoms with E-state index in [2.05, 4.69) is 18.9 Å². The van der Waals surface area contributed by atoms with E-state index in [1.54, 1.807) is 0 Å². The third-order valence-corrected chi connectivity index (χ3v) is 2.19. The first kappa shape index (κ1) is 13.9. The maximum Gasteiger partial charge on any atom is 0.261 e. The monoisotopic (exact) mass is 223 g/mol. The molecule has 1 atom stereocenters. The molecule has 0 amide bonds. The van der Waals surface area contributed by atoms with Crippen LogP contribution in [0.3, 0.4) is 0 Å². The molecule has 0 aromatic heterocycles. The fraction of sp³-hybridized carbons (Fsp3) is 1.00. The molecule has 86 valence electrons. The normalized spacial score (nSPS) is 23.0. The van der Waals surface area contributed by atoms with Crippen molar-refractivity contribution in [3.63, 3.8) is 0 Å². The minimum atomic E-state index is -3.67. The highest BCUT2D eigenvalue weighted by Gasteiger charge is 2.17. The lowest BCUT2D eigenvalue weighted by Crippen LogP contribution is -2.13. The van der Waals surface area contributed by atoms with E-state index in [9.17, 15) is 8.42 Å². The van der Waals surface area contributed by atoms with Crippen LogP contribution in [0.5, 0.6) is 0 Å². The highest BCUT2D eigenvalue weighted by atomic mass is 32.2. The van der Waals surface area contributed by atoms with E-state index in [0.717, 1.165) is 5.92 Å². The van der Waals surface area contributed by atoms with E-state index in [-0.39, 0.29) is 0 Å². The SMILES string of the molecule is CCCC1CCN(C)C1.CS(=O)(=O)O. The van der Waals surface area contributed by atoms with Crippen LogP contribution < -0.4 is 0 Å². The Labute approximate surface area is 87.0 Å². The van der Waals surface area contributed by atoms with Gasteiger partial charge in [-0.1, -0.05) is 13.3 Å². The Morgan fingerprint density at radius 3 is 2.29 bits per heavy atom. The first-order valence-electron chi connectivity index (χ1n) is 4.94. The Kier molecular flexibility index (Phi) is 6.31. The van der Waals surface area contributed by atoms with Crippen molar-refractivity contribution in [3.8, 4) is 0 Å². The molecule has 1 N–H and O–H groups in total. The third kappa shape index (κ3) is 9.95. The molecule has 0 aromatic carbocycles. The smallest absolute Gasteiger partial charge is 0.261 e. The maximum absolute atomic E-state index is 9.19. The summed E-state index contributed by atoms with van der Waals surface area (Å²) in [4.78, 5) is 2.43. The summed E-state index contributed by atoms with van der Waals surface area (Å²) < 4.78 is 25.9. The van der Waals surface area contributed by atoms with Crippen LogP contribution in [0.2, 0.25) is 0 Å². The van der Waals surface area contributed by atoms with Gasteiger partial charge >= 0.3 is 0 Å². The van der Waals surface area contributed by atoms with E-state index >= 15 is 0 Å². The molecule has 1 rings (SSSR count). The van der Waals surface area contributed by atoms with E-state index in [0.29, 0.717) is 6.26 Å². The highest BCUT2D eigenvalue weighted by Crippen LogP contribution is 2.18. The van der Waals surface area contributed by atoms with Crippen LogP contribution in [-0.2, 0) is 10.1 Å². The lowest BCUT2D eigenvalue weighted by molar-refractivity contribution is 0.387. The zero-order valence-electron chi connectivity index (χ0n) is 9.23. The third-order valence-electron chi connectivity index (χ3n) is 2.19.